The minimum atomic E-state index is -0.587. The van der Waals surface area contributed by atoms with Gasteiger partial charge in [-0.1, -0.05) is 12.1 Å². The molecule has 0 saturated carbocycles. The molecule has 29 heavy (non-hydrogen) atoms. The van der Waals surface area contributed by atoms with Gasteiger partial charge in [0.15, 0.2) is 6.61 Å². The molecule has 2 aromatic carbocycles. The van der Waals surface area contributed by atoms with Gasteiger partial charge in [-0.15, -0.1) is 0 Å². The number of benzene rings is 2. The Bertz CT molecular complexity index is 923. The Balaban J connectivity index is 1.53. The van der Waals surface area contributed by atoms with Gasteiger partial charge in [0.2, 0.25) is 5.91 Å². The van der Waals surface area contributed by atoms with Gasteiger partial charge in [0.25, 0.3) is 5.91 Å². The predicted molar refractivity (Wildman–Crippen MR) is 109 cm³/mol. The Kier molecular flexibility index (Phi) is 6.16. The molecule has 1 saturated heterocycles. The molecule has 7 heteroatoms. The number of methoxy groups -OCH3 is 1. The summed E-state index contributed by atoms with van der Waals surface area (Å²) in [7, 11) is 1.56. The Hall–Kier alpha value is -3.35. The van der Waals surface area contributed by atoms with Crippen LogP contribution in [0, 0.1) is 19.8 Å². The second kappa shape index (κ2) is 8.77. The average molecular weight is 396 g/mol. The summed E-state index contributed by atoms with van der Waals surface area (Å²) >= 11 is 0. The summed E-state index contributed by atoms with van der Waals surface area (Å²) < 4.78 is 10.2. The standard InChI is InChI=1S/C22H24N2O5/c1-14-4-5-15(2)19(10-14)24-12-16(11-21(24)26)22(27)29-13-20(25)23-17-6-8-18(28-3)9-7-17/h4-10,16H,11-13H2,1-3H3,(H,23,25)/t16-/m1/s1. The molecule has 0 unspecified atom stereocenters. The van der Waals surface area contributed by atoms with E-state index in [1.807, 2.05) is 32.0 Å². The second-order valence-electron chi connectivity index (χ2n) is 7.08. The normalized spacial score (nSPS) is 15.9. The number of esters is 1. The molecule has 1 heterocycles. The molecule has 3 rings (SSSR count). The van der Waals surface area contributed by atoms with Gasteiger partial charge in [-0.05, 0) is 55.3 Å². The summed E-state index contributed by atoms with van der Waals surface area (Å²) in [5.41, 5.74) is 3.39. The number of amides is 2. The lowest BCUT2D eigenvalue weighted by Crippen LogP contribution is -2.28. The van der Waals surface area contributed by atoms with E-state index in [1.165, 1.54) is 0 Å². The van der Waals surface area contributed by atoms with Crippen LogP contribution in [0.5, 0.6) is 5.75 Å². The van der Waals surface area contributed by atoms with Crippen LogP contribution in [-0.4, -0.2) is 38.0 Å². The number of anilines is 2. The number of hydrogen-bond donors (Lipinski definition) is 1. The molecule has 2 amide bonds. The molecule has 1 aliphatic heterocycles. The van der Waals surface area contributed by atoms with E-state index >= 15 is 0 Å². The number of ether oxygens (including phenoxy) is 2. The molecule has 0 aliphatic carbocycles. The van der Waals surface area contributed by atoms with Gasteiger partial charge in [-0.2, -0.15) is 0 Å². The zero-order valence-electron chi connectivity index (χ0n) is 16.7. The molecular weight excluding hydrogens is 372 g/mol. The Morgan fingerprint density at radius 1 is 1.14 bits per heavy atom. The van der Waals surface area contributed by atoms with Crippen molar-refractivity contribution in [1.29, 1.82) is 0 Å². The van der Waals surface area contributed by atoms with Gasteiger partial charge < -0.3 is 19.7 Å². The molecule has 0 aromatic heterocycles. The molecule has 152 valence electrons. The highest BCUT2D eigenvalue weighted by Gasteiger charge is 2.36. The van der Waals surface area contributed by atoms with Crippen LogP contribution in [0.3, 0.4) is 0 Å². The third-order valence-corrected chi connectivity index (χ3v) is 4.83. The maximum absolute atomic E-state index is 12.4. The monoisotopic (exact) mass is 396 g/mol. The fourth-order valence-corrected chi connectivity index (χ4v) is 3.23. The number of carbonyl (C=O) groups is 3. The van der Waals surface area contributed by atoms with Crippen molar-refractivity contribution < 1.29 is 23.9 Å². The highest BCUT2D eigenvalue weighted by molar-refractivity contribution is 6.00. The van der Waals surface area contributed by atoms with E-state index in [9.17, 15) is 14.4 Å². The van der Waals surface area contributed by atoms with Crippen LogP contribution in [0.25, 0.3) is 0 Å². The minimum Gasteiger partial charge on any atom is -0.497 e. The molecule has 0 spiro atoms. The van der Waals surface area contributed by atoms with E-state index in [0.29, 0.717) is 11.4 Å². The lowest BCUT2D eigenvalue weighted by Gasteiger charge is -2.19. The van der Waals surface area contributed by atoms with Crippen LogP contribution in [0.4, 0.5) is 11.4 Å². The largest absolute Gasteiger partial charge is 0.497 e. The fourth-order valence-electron chi connectivity index (χ4n) is 3.23. The molecule has 1 N–H and O–H groups in total. The Morgan fingerprint density at radius 2 is 1.86 bits per heavy atom. The summed E-state index contributed by atoms with van der Waals surface area (Å²) in [5.74, 6) is -1.02. The summed E-state index contributed by atoms with van der Waals surface area (Å²) in [6.45, 7) is 3.73. The average Bonchev–Trinajstić information content (AvgIpc) is 3.10. The molecule has 7 nitrogen and oxygen atoms in total. The molecule has 1 atom stereocenters. The van der Waals surface area contributed by atoms with Crippen molar-refractivity contribution in [3.63, 3.8) is 0 Å². The summed E-state index contributed by atoms with van der Waals surface area (Å²) in [6, 6.07) is 12.7. The maximum Gasteiger partial charge on any atom is 0.311 e. The van der Waals surface area contributed by atoms with E-state index in [-0.39, 0.29) is 18.9 Å². The molecule has 0 bridgehead atoms. The topological polar surface area (TPSA) is 84.9 Å². The van der Waals surface area contributed by atoms with Crippen molar-refractivity contribution in [3.8, 4) is 5.75 Å². The highest BCUT2D eigenvalue weighted by atomic mass is 16.5. The van der Waals surface area contributed by atoms with Crippen molar-refractivity contribution in [1.82, 2.24) is 0 Å². The van der Waals surface area contributed by atoms with E-state index in [4.69, 9.17) is 9.47 Å². The van der Waals surface area contributed by atoms with Gasteiger partial charge in [0.1, 0.15) is 5.75 Å². The maximum atomic E-state index is 12.4. The van der Waals surface area contributed by atoms with Crippen LogP contribution in [-0.2, 0) is 19.1 Å². The van der Waals surface area contributed by atoms with Gasteiger partial charge in [0.05, 0.1) is 13.0 Å². The minimum absolute atomic E-state index is 0.0757. The number of nitrogens with zero attached hydrogens (tertiary/aromatic N) is 1. The third-order valence-electron chi connectivity index (χ3n) is 4.83. The summed E-state index contributed by atoms with van der Waals surface area (Å²) in [5, 5.41) is 2.65. The zero-order valence-corrected chi connectivity index (χ0v) is 16.7. The van der Waals surface area contributed by atoms with Crippen LogP contribution < -0.4 is 15.0 Å². The number of aryl methyl sites for hydroxylation is 2. The first-order valence-electron chi connectivity index (χ1n) is 9.35. The SMILES string of the molecule is COc1ccc(NC(=O)COC(=O)[C@@H]2CC(=O)N(c3cc(C)ccc3C)C2)cc1. The first kappa shape index (κ1) is 20.4. The first-order valence-corrected chi connectivity index (χ1v) is 9.35. The van der Waals surface area contributed by atoms with E-state index in [1.54, 1.807) is 36.3 Å². The van der Waals surface area contributed by atoms with Crippen LogP contribution in [0.1, 0.15) is 17.5 Å². The van der Waals surface area contributed by atoms with Gasteiger partial charge in [-0.25, -0.2) is 0 Å². The number of rotatable bonds is 6. The molecule has 2 aromatic rings. The van der Waals surface area contributed by atoms with Crippen molar-refractivity contribution in [2.75, 3.05) is 30.5 Å². The number of hydrogen-bond acceptors (Lipinski definition) is 5. The Labute approximate surface area is 169 Å². The number of nitrogens with one attached hydrogen (secondary N) is 1. The third kappa shape index (κ3) is 4.93. The molecular formula is C22H24N2O5. The molecule has 1 aliphatic rings. The van der Waals surface area contributed by atoms with Crippen molar-refractivity contribution >= 4 is 29.2 Å². The molecule has 0 radical (unpaired) electrons. The predicted octanol–water partition coefficient (Wildman–Crippen LogP) is 2.85. The smallest absolute Gasteiger partial charge is 0.311 e. The van der Waals surface area contributed by atoms with Crippen molar-refractivity contribution in [3.05, 3.63) is 53.6 Å². The van der Waals surface area contributed by atoms with E-state index in [2.05, 4.69) is 5.32 Å². The van der Waals surface area contributed by atoms with E-state index < -0.39 is 24.4 Å². The lowest BCUT2D eigenvalue weighted by molar-refractivity contribution is -0.151. The lowest BCUT2D eigenvalue weighted by atomic mass is 10.1. The van der Waals surface area contributed by atoms with Gasteiger partial charge in [-0.3, -0.25) is 14.4 Å². The van der Waals surface area contributed by atoms with Crippen LogP contribution in [0.2, 0.25) is 0 Å². The Morgan fingerprint density at radius 3 is 2.55 bits per heavy atom. The number of carbonyl (C=O) groups excluding carboxylic acids is 3. The first-order chi connectivity index (χ1) is 13.9. The summed E-state index contributed by atoms with van der Waals surface area (Å²) in [6.07, 6.45) is 0.0757. The summed E-state index contributed by atoms with van der Waals surface area (Å²) in [4.78, 5) is 38.4. The van der Waals surface area contributed by atoms with Gasteiger partial charge in [0, 0.05) is 24.3 Å². The van der Waals surface area contributed by atoms with Crippen molar-refractivity contribution in [2.24, 2.45) is 5.92 Å². The van der Waals surface area contributed by atoms with E-state index in [0.717, 1.165) is 16.8 Å². The van der Waals surface area contributed by atoms with Crippen LogP contribution in [0.15, 0.2) is 42.5 Å². The fraction of sp³-hybridized carbons (Fsp3) is 0.318. The van der Waals surface area contributed by atoms with Gasteiger partial charge >= 0.3 is 5.97 Å². The highest BCUT2D eigenvalue weighted by Crippen LogP contribution is 2.29. The zero-order chi connectivity index (χ0) is 21.0. The quantitative estimate of drug-likeness (QED) is 0.759. The van der Waals surface area contributed by atoms with Crippen molar-refractivity contribution in [2.45, 2.75) is 20.3 Å². The second-order valence-corrected chi connectivity index (χ2v) is 7.08. The molecule has 1 fully saturated rings. The van der Waals surface area contributed by atoms with Crippen LogP contribution >= 0.6 is 0 Å².